The number of nitrogens with zero attached hydrogens (tertiary/aromatic N) is 3. The van der Waals surface area contributed by atoms with E-state index in [0.717, 1.165) is 24.2 Å². The standard InChI is InChI=1S/C13H18N4/c1-10(2)5-7-17-9-15-8-12(17)11-4-3-6-16-13(11)14/h3-4,6,8-10H,5,7H2,1-2H3,(H2,14,16). The van der Waals surface area contributed by atoms with Crippen molar-refractivity contribution in [1.82, 2.24) is 14.5 Å². The molecule has 0 radical (unpaired) electrons. The minimum atomic E-state index is 0.554. The molecule has 2 aromatic rings. The highest BCUT2D eigenvalue weighted by molar-refractivity contribution is 5.70. The van der Waals surface area contributed by atoms with E-state index in [2.05, 4.69) is 28.4 Å². The molecule has 17 heavy (non-hydrogen) atoms. The number of nitrogen functional groups attached to an aromatic ring is 1. The Kier molecular flexibility index (Phi) is 3.42. The number of rotatable bonds is 4. The third kappa shape index (κ3) is 2.64. The fraction of sp³-hybridized carbons (Fsp3) is 0.385. The molecule has 0 fully saturated rings. The third-order valence-electron chi connectivity index (χ3n) is 2.77. The number of imidazole rings is 1. The summed E-state index contributed by atoms with van der Waals surface area (Å²) < 4.78 is 2.13. The first-order valence-corrected chi connectivity index (χ1v) is 5.89. The molecule has 0 saturated carbocycles. The maximum absolute atomic E-state index is 5.88. The van der Waals surface area contributed by atoms with Crippen molar-refractivity contribution >= 4 is 5.82 Å². The third-order valence-corrected chi connectivity index (χ3v) is 2.77. The van der Waals surface area contributed by atoms with E-state index < -0.39 is 0 Å². The number of pyridine rings is 1. The molecule has 2 rings (SSSR count). The maximum atomic E-state index is 5.88. The van der Waals surface area contributed by atoms with Crippen LogP contribution in [0.2, 0.25) is 0 Å². The van der Waals surface area contributed by atoms with Crippen LogP contribution in [0, 0.1) is 5.92 Å². The zero-order valence-electron chi connectivity index (χ0n) is 10.3. The molecule has 90 valence electrons. The summed E-state index contributed by atoms with van der Waals surface area (Å²) in [6.07, 6.45) is 6.52. The molecule has 0 aromatic carbocycles. The average molecular weight is 230 g/mol. The van der Waals surface area contributed by atoms with Gasteiger partial charge in [-0.3, -0.25) is 0 Å². The van der Waals surface area contributed by atoms with Gasteiger partial charge in [-0.15, -0.1) is 0 Å². The quantitative estimate of drug-likeness (QED) is 0.878. The zero-order valence-corrected chi connectivity index (χ0v) is 10.3. The summed E-state index contributed by atoms with van der Waals surface area (Å²) in [7, 11) is 0. The van der Waals surface area contributed by atoms with E-state index in [-0.39, 0.29) is 0 Å². The van der Waals surface area contributed by atoms with Crippen LogP contribution < -0.4 is 5.73 Å². The van der Waals surface area contributed by atoms with Gasteiger partial charge in [-0.05, 0) is 24.5 Å². The van der Waals surface area contributed by atoms with Crippen LogP contribution in [0.25, 0.3) is 11.3 Å². The molecule has 0 bridgehead atoms. The van der Waals surface area contributed by atoms with Gasteiger partial charge in [-0.2, -0.15) is 0 Å². The summed E-state index contributed by atoms with van der Waals surface area (Å²) in [5.41, 5.74) is 7.88. The van der Waals surface area contributed by atoms with Crippen LogP contribution in [0.3, 0.4) is 0 Å². The predicted octanol–water partition coefficient (Wildman–Crippen LogP) is 2.57. The van der Waals surface area contributed by atoms with Crippen molar-refractivity contribution in [3.8, 4) is 11.3 Å². The Bertz CT molecular complexity index is 488. The normalized spacial score (nSPS) is 11.0. The van der Waals surface area contributed by atoms with Gasteiger partial charge in [-0.25, -0.2) is 9.97 Å². The summed E-state index contributed by atoms with van der Waals surface area (Å²) in [5, 5.41) is 0. The van der Waals surface area contributed by atoms with Crippen molar-refractivity contribution in [3.63, 3.8) is 0 Å². The first-order chi connectivity index (χ1) is 8.18. The van der Waals surface area contributed by atoms with E-state index in [4.69, 9.17) is 5.73 Å². The summed E-state index contributed by atoms with van der Waals surface area (Å²) in [5.74, 6) is 1.23. The van der Waals surface area contributed by atoms with Crippen LogP contribution in [0.4, 0.5) is 5.82 Å². The number of nitrogens with two attached hydrogens (primary N) is 1. The van der Waals surface area contributed by atoms with E-state index in [0.29, 0.717) is 11.7 Å². The Hall–Kier alpha value is -1.84. The van der Waals surface area contributed by atoms with Gasteiger partial charge in [0.15, 0.2) is 0 Å². The van der Waals surface area contributed by atoms with Crippen molar-refractivity contribution in [2.24, 2.45) is 5.92 Å². The molecule has 0 atom stereocenters. The number of anilines is 1. The van der Waals surface area contributed by atoms with Gasteiger partial charge in [-0.1, -0.05) is 13.8 Å². The van der Waals surface area contributed by atoms with Gasteiger partial charge < -0.3 is 10.3 Å². The van der Waals surface area contributed by atoms with Crippen molar-refractivity contribution in [2.45, 2.75) is 26.8 Å². The van der Waals surface area contributed by atoms with E-state index in [1.54, 1.807) is 6.20 Å². The lowest BCUT2D eigenvalue weighted by molar-refractivity contribution is 0.518. The van der Waals surface area contributed by atoms with Gasteiger partial charge in [0.1, 0.15) is 5.82 Å². The van der Waals surface area contributed by atoms with E-state index in [1.165, 1.54) is 0 Å². The number of aryl methyl sites for hydroxylation is 1. The van der Waals surface area contributed by atoms with Crippen molar-refractivity contribution in [3.05, 3.63) is 30.9 Å². The fourth-order valence-electron chi connectivity index (χ4n) is 1.75. The molecule has 2 aromatic heterocycles. The molecule has 0 spiro atoms. The molecule has 0 aliphatic heterocycles. The molecule has 0 amide bonds. The van der Waals surface area contributed by atoms with E-state index >= 15 is 0 Å². The number of hydrogen-bond donors (Lipinski definition) is 1. The Balaban J connectivity index is 2.28. The van der Waals surface area contributed by atoms with Crippen molar-refractivity contribution < 1.29 is 0 Å². The highest BCUT2D eigenvalue weighted by Gasteiger charge is 2.08. The van der Waals surface area contributed by atoms with Gasteiger partial charge in [0.2, 0.25) is 0 Å². The number of aromatic nitrogens is 3. The summed E-state index contributed by atoms with van der Waals surface area (Å²) in [6.45, 7) is 5.39. The van der Waals surface area contributed by atoms with Crippen LogP contribution in [-0.2, 0) is 6.54 Å². The van der Waals surface area contributed by atoms with Crippen molar-refractivity contribution in [2.75, 3.05) is 5.73 Å². The minimum absolute atomic E-state index is 0.554. The van der Waals surface area contributed by atoms with Crippen molar-refractivity contribution in [1.29, 1.82) is 0 Å². The Morgan fingerprint density at radius 1 is 1.41 bits per heavy atom. The summed E-state index contributed by atoms with van der Waals surface area (Å²) in [4.78, 5) is 8.31. The highest BCUT2D eigenvalue weighted by Crippen LogP contribution is 2.23. The minimum Gasteiger partial charge on any atom is -0.383 e. The van der Waals surface area contributed by atoms with Crippen LogP contribution in [0.5, 0.6) is 0 Å². The van der Waals surface area contributed by atoms with E-state index in [1.807, 2.05) is 24.7 Å². The summed E-state index contributed by atoms with van der Waals surface area (Å²) >= 11 is 0. The second-order valence-corrected chi connectivity index (χ2v) is 4.59. The summed E-state index contributed by atoms with van der Waals surface area (Å²) in [6, 6.07) is 3.87. The van der Waals surface area contributed by atoms with Crippen LogP contribution in [0.1, 0.15) is 20.3 Å². The second kappa shape index (κ2) is 4.99. The molecule has 2 N–H and O–H groups in total. The first-order valence-electron chi connectivity index (χ1n) is 5.89. The molecule has 0 saturated heterocycles. The number of hydrogen-bond acceptors (Lipinski definition) is 3. The monoisotopic (exact) mass is 230 g/mol. The van der Waals surface area contributed by atoms with Crippen LogP contribution in [-0.4, -0.2) is 14.5 Å². The largest absolute Gasteiger partial charge is 0.383 e. The zero-order chi connectivity index (χ0) is 12.3. The molecule has 4 nitrogen and oxygen atoms in total. The van der Waals surface area contributed by atoms with E-state index in [9.17, 15) is 0 Å². The SMILES string of the molecule is CC(C)CCn1cncc1-c1cccnc1N. The smallest absolute Gasteiger partial charge is 0.132 e. The van der Waals surface area contributed by atoms with Crippen LogP contribution >= 0.6 is 0 Å². The lowest BCUT2D eigenvalue weighted by Gasteiger charge is -2.10. The van der Waals surface area contributed by atoms with Crippen LogP contribution in [0.15, 0.2) is 30.9 Å². The lowest BCUT2D eigenvalue weighted by Crippen LogP contribution is -2.03. The first kappa shape index (κ1) is 11.6. The second-order valence-electron chi connectivity index (χ2n) is 4.59. The molecular formula is C13H18N4. The predicted molar refractivity (Wildman–Crippen MR) is 69.3 cm³/mol. The average Bonchev–Trinajstić information content (AvgIpc) is 2.75. The Morgan fingerprint density at radius 2 is 2.24 bits per heavy atom. The molecule has 0 aliphatic rings. The molecule has 0 unspecified atom stereocenters. The molecule has 2 heterocycles. The maximum Gasteiger partial charge on any atom is 0.132 e. The fourth-order valence-corrected chi connectivity index (χ4v) is 1.75. The molecular weight excluding hydrogens is 212 g/mol. The Labute approximate surface area is 102 Å². The molecule has 0 aliphatic carbocycles. The lowest BCUT2D eigenvalue weighted by atomic mass is 10.1. The van der Waals surface area contributed by atoms with Gasteiger partial charge in [0, 0.05) is 18.3 Å². The van der Waals surface area contributed by atoms with Gasteiger partial charge in [0.05, 0.1) is 18.2 Å². The topological polar surface area (TPSA) is 56.7 Å². The Morgan fingerprint density at radius 3 is 2.94 bits per heavy atom. The molecule has 4 heteroatoms. The van der Waals surface area contributed by atoms with Gasteiger partial charge in [0.25, 0.3) is 0 Å². The highest BCUT2D eigenvalue weighted by atomic mass is 15.0. The van der Waals surface area contributed by atoms with Gasteiger partial charge >= 0.3 is 0 Å².